The molecular formula is C13H18N2O3. The first-order valence-electron chi connectivity index (χ1n) is 5.91. The fraction of sp³-hybridized carbons (Fsp3) is 0.462. The number of benzene rings is 1. The first kappa shape index (κ1) is 12.7. The number of amides is 1. The highest BCUT2D eigenvalue weighted by Gasteiger charge is 2.26. The molecule has 0 bridgehead atoms. The van der Waals surface area contributed by atoms with Gasteiger partial charge in [-0.2, -0.15) is 0 Å². The summed E-state index contributed by atoms with van der Waals surface area (Å²) in [6.45, 7) is 1.37. The van der Waals surface area contributed by atoms with E-state index in [1.807, 2.05) is 0 Å². The van der Waals surface area contributed by atoms with Crippen LogP contribution in [0.3, 0.4) is 0 Å². The Bertz CT molecular complexity index is 448. The molecule has 98 valence electrons. The second kappa shape index (κ2) is 5.27. The summed E-state index contributed by atoms with van der Waals surface area (Å²) < 4.78 is 10.3. The van der Waals surface area contributed by atoms with Crippen LogP contribution in [0.2, 0.25) is 0 Å². The van der Waals surface area contributed by atoms with E-state index in [1.165, 1.54) is 0 Å². The minimum atomic E-state index is -0.0103. The van der Waals surface area contributed by atoms with Crippen LogP contribution in [0.15, 0.2) is 18.2 Å². The molecule has 1 saturated heterocycles. The highest BCUT2D eigenvalue weighted by molar-refractivity contribution is 5.95. The van der Waals surface area contributed by atoms with Crippen molar-refractivity contribution in [3.63, 3.8) is 0 Å². The maximum Gasteiger partial charge on any atom is 0.254 e. The number of anilines is 1. The van der Waals surface area contributed by atoms with Gasteiger partial charge in [0.15, 0.2) is 0 Å². The molecule has 1 heterocycles. The van der Waals surface area contributed by atoms with E-state index in [9.17, 15) is 4.79 Å². The molecule has 1 aliphatic heterocycles. The lowest BCUT2D eigenvalue weighted by Gasteiger charge is -2.16. The standard InChI is InChI=1S/C13H18N2O3/c1-17-10-5-6-15(8-10)13(16)9-3-4-12(18-2)11(14)7-9/h3-4,7,10H,5-6,8,14H2,1-2H3. The summed E-state index contributed by atoms with van der Waals surface area (Å²) in [6.07, 6.45) is 1.03. The number of likely N-dealkylation sites (tertiary alicyclic amines) is 1. The second-order valence-electron chi connectivity index (χ2n) is 4.35. The molecule has 0 saturated carbocycles. The van der Waals surface area contributed by atoms with Crippen LogP contribution in [0, 0.1) is 0 Å². The van der Waals surface area contributed by atoms with E-state index >= 15 is 0 Å². The smallest absolute Gasteiger partial charge is 0.254 e. The van der Waals surface area contributed by atoms with Crippen molar-refractivity contribution in [3.8, 4) is 5.75 Å². The molecule has 0 radical (unpaired) electrons. The van der Waals surface area contributed by atoms with Crippen molar-refractivity contribution in [2.75, 3.05) is 33.0 Å². The minimum Gasteiger partial charge on any atom is -0.495 e. The second-order valence-corrected chi connectivity index (χ2v) is 4.35. The van der Waals surface area contributed by atoms with Gasteiger partial charge in [0, 0.05) is 25.8 Å². The van der Waals surface area contributed by atoms with E-state index in [2.05, 4.69) is 0 Å². The number of nitrogens with zero attached hydrogens (tertiary/aromatic N) is 1. The number of nitrogens with two attached hydrogens (primary N) is 1. The number of carbonyl (C=O) groups is 1. The Balaban J connectivity index is 2.12. The van der Waals surface area contributed by atoms with Crippen molar-refractivity contribution in [1.29, 1.82) is 0 Å². The van der Waals surface area contributed by atoms with Crippen molar-refractivity contribution in [2.45, 2.75) is 12.5 Å². The summed E-state index contributed by atoms with van der Waals surface area (Å²) in [4.78, 5) is 14.0. The van der Waals surface area contributed by atoms with Gasteiger partial charge in [-0.05, 0) is 24.6 Å². The van der Waals surface area contributed by atoms with Gasteiger partial charge in [-0.15, -0.1) is 0 Å². The van der Waals surface area contributed by atoms with E-state index in [-0.39, 0.29) is 12.0 Å². The van der Waals surface area contributed by atoms with Crippen LogP contribution in [0.4, 0.5) is 5.69 Å². The molecule has 1 atom stereocenters. The molecule has 2 rings (SSSR count). The summed E-state index contributed by atoms with van der Waals surface area (Å²) in [7, 11) is 3.22. The Morgan fingerprint density at radius 2 is 2.22 bits per heavy atom. The van der Waals surface area contributed by atoms with Crippen LogP contribution in [-0.4, -0.2) is 44.2 Å². The quantitative estimate of drug-likeness (QED) is 0.817. The fourth-order valence-corrected chi connectivity index (χ4v) is 2.16. The van der Waals surface area contributed by atoms with E-state index in [0.717, 1.165) is 13.0 Å². The average molecular weight is 250 g/mol. The molecule has 1 amide bonds. The summed E-state index contributed by atoms with van der Waals surface area (Å²) in [5, 5.41) is 0. The molecule has 0 aromatic heterocycles. The molecule has 2 N–H and O–H groups in total. The van der Waals surface area contributed by atoms with Gasteiger partial charge in [-0.25, -0.2) is 0 Å². The lowest BCUT2D eigenvalue weighted by Crippen LogP contribution is -2.30. The third-order valence-electron chi connectivity index (χ3n) is 3.24. The van der Waals surface area contributed by atoms with Crippen LogP contribution in [0.5, 0.6) is 5.75 Å². The van der Waals surface area contributed by atoms with Gasteiger partial charge in [-0.1, -0.05) is 0 Å². The zero-order valence-electron chi connectivity index (χ0n) is 10.7. The van der Waals surface area contributed by atoms with Crippen LogP contribution in [-0.2, 0) is 4.74 Å². The molecule has 0 spiro atoms. The highest BCUT2D eigenvalue weighted by atomic mass is 16.5. The summed E-state index contributed by atoms with van der Waals surface area (Å²) in [6, 6.07) is 5.10. The molecule has 0 aliphatic carbocycles. The maximum absolute atomic E-state index is 12.2. The number of methoxy groups -OCH3 is 2. The molecule has 1 fully saturated rings. The topological polar surface area (TPSA) is 64.8 Å². The zero-order chi connectivity index (χ0) is 13.1. The minimum absolute atomic E-state index is 0.0103. The van der Waals surface area contributed by atoms with Crippen molar-refractivity contribution in [3.05, 3.63) is 23.8 Å². The molecule has 1 aromatic carbocycles. The molecular weight excluding hydrogens is 232 g/mol. The van der Waals surface area contributed by atoms with Gasteiger partial charge in [-0.3, -0.25) is 4.79 Å². The number of carbonyl (C=O) groups excluding carboxylic acids is 1. The Hall–Kier alpha value is -1.75. The number of nitrogen functional groups attached to an aromatic ring is 1. The van der Waals surface area contributed by atoms with Gasteiger partial charge in [0.1, 0.15) is 5.75 Å². The highest BCUT2D eigenvalue weighted by Crippen LogP contribution is 2.23. The number of rotatable bonds is 3. The number of ether oxygens (including phenoxy) is 2. The Morgan fingerprint density at radius 1 is 1.44 bits per heavy atom. The Labute approximate surface area is 106 Å². The first-order valence-corrected chi connectivity index (χ1v) is 5.91. The average Bonchev–Trinajstić information content (AvgIpc) is 2.86. The van der Waals surface area contributed by atoms with E-state index < -0.39 is 0 Å². The lowest BCUT2D eigenvalue weighted by molar-refractivity contribution is 0.0724. The van der Waals surface area contributed by atoms with Crippen LogP contribution in [0.1, 0.15) is 16.8 Å². The van der Waals surface area contributed by atoms with Crippen LogP contribution < -0.4 is 10.5 Å². The van der Waals surface area contributed by atoms with Gasteiger partial charge >= 0.3 is 0 Å². The largest absolute Gasteiger partial charge is 0.495 e. The van der Waals surface area contributed by atoms with Gasteiger partial charge < -0.3 is 20.1 Å². The normalized spacial score (nSPS) is 19.0. The van der Waals surface area contributed by atoms with Gasteiger partial charge in [0.05, 0.1) is 18.9 Å². The Morgan fingerprint density at radius 3 is 2.78 bits per heavy atom. The number of hydrogen-bond acceptors (Lipinski definition) is 4. The van der Waals surface area contributed by atoms with Crippen LogP contribution in [0.25, 0.3) is 0 Å². The third kappa shape index (κ3) is 2.41. The van der Waals surface area contributed by atoms with Crippen molar-refractivity contribution in [1.82, 2.24) is 4.90 Å². The number of hydrogen-bond donors (Lipinski definition) is 1. The summed E-state index contributed by atoms with van der Waals surface area (Å²) in [5.41, 5.74) is 6.87. The maximum atomic E-state index is 12.2. The van der Waals surface area contributed by atoms with Crippen LogP contribution >= 0.6 is 0 Å². The van der Waals surface area contributed by atoms with Crippen molar-refractivity contribution < 1.29 is 14.3 Å². The molecule has 1 aromatic rings. The monoisotopic (exact) mass is 250 g/mol. The molecule has 5 nitrogen and oxygen atoms in total. The first-order chi connectivity index (χ1) is 8.65. The molecule has 5 heteroatoms. The zero-order valence-corrected chi connectivity index (χ0v) is 10.7. The van der Waals surface area contributed by atoms with E-state index in [0.29, 0.717) is 23.5 Å². The Kier molecular flexibility index (Phi) is 3.72. The predicted molar refractivity (Wildman–Crippen MR) is 68.7 cm³/mol. The molecule has 18 heavy (non-hydrogen) atoms. The predicted octanol–water partition coefficient (Wildman–Crippen LogP) is 1.14. The van der Waals surface area contributed by atoms with Crippen molar-refractivity contribution in [2.24, 2.45) is 0 Å². The SMILES string of the molecule is COc1ccc(C(=O)N2CCC(OC)C2)cc1N. The fourth-order valence-electron chi connectivity index (χ4n) is 2.16. The molecule has 1 unspecified atom stereocenters. The van der Waals surface area contributed by atoms with Crippen molar-refractivity contribution >= 4 is 11.6 Å². The molecule has 1 aliphatic rings. The lowest BCUT2D eigenvalue weighted by atomic mass is 10.1. The summed E-state index contributed by atoms with van der Waals surface area (Å²) >= 11 is 0. The van der Waals surface area contributed by atoms with E-state index in [4.69, 9.17) is 15.2 Å². The third-order valence-corrected chi connectivity index (χ3v) is 3.24. The van der Waals surface area contributed by atoms with E-state index in [1.54, 1.807) is 37.3 Å². The van der Waals surface area contributed by atoms with Gasteiger partial charge in [0.25, 0.3) is 5.91 Å². The van der Waals surface area contributed by atoms with Gasteiger partial charge in [0.2, 0.25) is 0 Å². The summed E-state index contributed by atoms with van der Waals surface area (Å²) in [5.74, 6) is 0.576.